The van der Waals surface area contributed by atoms with E-state index in [0.717, 1.165) is 57.6 Å². The second kappa shape index (κ2) is 11.6. The van der Waals surface area contributed by atoms with Crippen LogP contribution in [0.1, 0.15) is 22.8 Å². The van der Waals surface area contributed by atoms with Crippen molar-refractivity contribution >= 4 is 40.2 Å². The van der Waals surface area contributed by atoms with E-state index in [0.29, 0.717) is 18.3 Å². The molecule has 6 aromatic rings. The van der Waals surface area contributed by atoms with Gasteiger partial charge in [-0.2, -0.15) is 0 Å². The average Bonchev–Trinajstić information content (AvgIpc) is 3.80. The van der Waals surface area contributed by atoms with E-state index < -0.39 is 0 Å². The molecule has 1 amide bonds. The van der Waals surface area contributed by atoms with Gasteiger partial charge in [-0.15, -0.1) is 11.3 Å². The number of imidazole rings is 1. The van der Waals surface area contributed by atoms with E-state index >= 15 is 0 Å². The van der Waals surface area contributed by atoms with Gasteiger partial charge in [0.15, 0.2) is 0 Å². The highest BCUT2D eigenvalue weighted by Crippen LogP contribution is 2.33. The molecule has 0 aliphatic carbocycles. The van der Waals surface area contributed by atoms with Gasteiger partial charge in [-0.1, -0.05) is 36.4 Å². The van der Waals surface area contributed by atoms with Gasteiger partial charge in [0, 0.05) is 40.8 Å². The number of nitrogens with one attached hydrogen (secondary N) is 3. The van der Waals surface area contributed by atoms with Crippen LogP contribution >= 0.6 is 11.3 Å². The number of aromatic nitrogens is 4. The largest absolute Gasteiger partial charge is 0.326 e. The lowest BCUT2D eigenvalue weighted by molar-refractivity contribution is -0.115. The van der Waals surface area contributed by atoms with Crippen molar-refractivity contribution in [3.8, 4) is 22.6 Å². The molecule has 0 spiro atoms. The number of benzene rings is 2. The van der Waals surface area contributed by atoms with Gasteiger partial charge in [0.1, 0.15) is 5.65 Å². The standard InChI is InChI=1S/C33H29N7OS/c41-30(20-27-7-4-18-42-27)36-26-6-3-5-23(19-26)31-32(40-17-2-1-8-29(40)39-31)28-14-16-35-33(38-28)37-25-11-9-22(10-12-25)24-13-15-34-21-24/h1-12,14,16-19,24,34H,13,15,20-21H2,(H,36,41)(H,35,37,38). The SMILES string of the molecule is O=C(Cc1cccs1)Nc1cccc(-c2nc3ccccn3c2-c2ccnc(Nc3ccc(C4CCNC4)cc3)n2)c1. The van der Waals surface area contributed by atoms with E-state index in [1.165, 1.54) is 12.0 Å². The number of carbonyl (C=O) groups excluding carboxylic acids is 1. The second-order valence-electron chi connectivity index (χ2n) is 10.3. The number of fused-ring (bicyclic) bond motifs is 1. The maximum atomic E-state index is 12.7. The molecule has 1 unspecified atom stereocenters. The zero-order valence-corrected chi connectivity index (χ0v) is 23.6. The molecule has 1 fully saturated rings. The third kappa shape index (κ3) is 5.52. The predicted molar refractivity (Wildman–Crippen MR) is 168 cm³/mol. The molecule has 0 bridgehead atoms. The Labute approximate surface area is 247 Å². The third-order valence-corrected chi connectivity index (χ3v) is 8.34. The smallest absolute Gasteiger partial charge is 0.229 e. The molecule has 3 N–H and O–H groups in total. The van der Waals surface area contributed by atoms with Crippen molar-refractivity contribution in [3.63, 3.8) is 0 Å². The van der Waals surface area contributed by atoms with Gasteiger partial charge in [0.2, 0.25) is 11.9 Å². The molecule has 1 aliphatic heterocycles. The Morgan fingerprint density at radius 2 is 1.90 bits per heavy atom. The molecule has 4 aromatic heterocycles. The van der Waals surface area contributed by atoms with Crippen LogP contribution < -0.4 is 16.0 Å². The van der Waals surface area contributed by atoms with Crippen LogP contribution in [0.15, 0.2) is 103 Å². The van der Waals surface area contributed by atoms with Gasteiger partial charge < -0.3 is 16.0 Å². The number of hydrogen-bond acceptors (Lipinski definition) is 7. The van der Waals surface area contributed by atoms with Crippen molar-refractivity contribution in [3.05, 3.63) is 113 Å². The van der Waals surface area contributed by atoms with Crippen molar-refractivity contribution < 1.29 is 4.79 Å². The number of thiophene rings is 1. The zero-order valence-electron chi connectivity index (χ0n) is 22.8. The Bertz CT molecular complexity index is 1840. The molecule has 1 atom stereocenters. The van der Waals surface area contributed by atoms with Crippen molar-refractivity contribution in [2.24, 2.45) is 0 Å². The number of nitrogens with zero attached hydrogens (tertiary/aromatic N) is 4. The number of carbonyl (C=O) groups is 1. The van der Waals surface area contributed by atoms with Gasteiger partial charge in [0.25, 0.3) is 0 Å². The molecular weight excluding hydrogens is 542 g/mol. The molecule has 7 rings (SSSR count). The van der Waals surface area contributed by atoms with Crippen molar-refractivity contribution in [2.45, 2.75) is 18.8 Å². The summed E-state index contributed by atoms with van der Waals surface area (Å²) < 4.78 is 2.04. The fourth-order valence-corrected chi connectivity index (χ4v) is 6.12. The molecule has 1 aliphatic rings. The lowest BCUT2D eigenvalue weighted by Gasteiger charge is -2.11. The lowest BCUT2D eigenvalue weighted by Crippen LogP contribution is -2.13. The first-order chi connectivity index (χ1) is 20.7. The van der Waals surface area contributed by atoms with Crippen LogP contribution in [-0.2, 0) is 11.2 Å². The Morgan fingerprint density at radius 3 is 2.74 bits per heavy atom. The average molecular weight is 572 g/mol. The fraction of sp³-hybridized carbons (Fsp3) is 0.152. The Kier molecular flexibility index (Phi) is 7.17. The maximum absolute atomic E-state index is 12.7. The minimum absolute atomic E-state index is 0.0516. The first-order valence-electron chi connectivity index (χ1n) is 14.0. The maximum Gasteiger partial charge on any atom is 0.229 e. The molecular formula is C33H29N7OS. The summed E-state index contributed by atoms with van der Waals surface area (Å²) in [7, 11) is 0. The zero-order chi connectivity index (χ0) is 28.3. The monoisotopic (exact) mass is 571 g/mol. The number of anilines is 3. The summed E-state index contributed by atoms with van der Waals surface area (Å²) in [6.45, 7) is 2.11. The topological polar surface area (TPSA) is 96.2 Å². The van der Waals surface area contributed by atoms with E-state index in [4.69, 9.17) is 9.97 Å². The summed E-state index contributed by atoms with van der Waals surface area (Å²) in [6, 6.07) is 28.1. The molecule has 2 aromatic carbocycles. The summed E-state index contributed by atoms with van der Waals surface area (Å²) in [5, 5.41) is 11.8. The van der Waals surface area contributed by atoms with E-state index in [1.807, 2.05) is 76.6 Å². The van der Waals surface area contributed by atoms with Gasteiger partial charge in [0.05, 0.1) is 23.5 Å². The number of amides is 1. The van der Waals surface area contributed by atoms with Crippen molar-refractivity contribution in [1.82, 2.24) is 24.7 Å². The minimum Gasteiger partial charge on any atom is -0.326 e. The number of hydrogen-bond donors (Lipinski definition) is 3. The van der Waals surface area contributed by atoms with Crippen LogP contribution in [0.2, 0.25) is 0 Å². The van der Waals surface area contributed by atoms with Crippen LogP contribution in [0, 0.1) is 0 Å². The fourth-order valence-electron chi connectivity index (χ4n) is 5.42. The summed E-state index contributed by atoms with van der Waals surface area (Å²) in [5.74, 6) is 1.03. The highest BCUT2D eigenvalue weighted by atomic mass is 32.1. The normalized spacial score (nSPS) is 14.7. The third-order valence-electron chi connectivity index (χ3n) is 7.46. The van der Waals surface area contributed by atoms with E-state index in [9.17, 15) is 4.79 Å². The minimum atomic E-state index is -0.0516. The number of rotatable bonds is 8. The van der Waals surface area contributed by atoms with Gasteiger partial charge in [-0.25, -0.2) is 15.0 Å². The van der Waals surface area contributed by atoms with E-state index in [1.54, 1.807) is 17.5 Å². The first kappa shape index (κ1) is 26.1. The number of pyridine rings is 1. The quantitative estimate of drug-likeness (QED) is 0.192. The van der Waals surface area contributed by atoms with Crippen LogP contribution in [-0.4, -0.2) is 38.3 Å². The predicted octanol–water partition coefficient (Wildman–Crippen LogP) is 6.52. The van der Waals surface area contributed by atoms with Gasteiger partial charge in [-0.3, -0.25) is 9.20 Å². The molecule has 42 heavy (non-hydrogen) atoms. The molecule has 8 nitrogen and oxygen atoms in total. The summed E-state index contributed by atoms with van der Waals surface area (Å²) >= 11 is 1.58. The van der Waals surface area contributed by atoms with Gasteiger partial charge in [-0.05, 0) is 78.4 Å². The van der Waals surface area contributed by atoms with Crippen molar-refractivity contribution in [1.29, 1.82) is 0 Å². The van der Waals surface area contributed by atoms with Crippen LogP contribution in [0.25, 0.3) is 28.3 Å². The summed E-state index contributed by atoms with van der Waals surface area (Å²) in [4.78, 5) is 28.1. The highest BCUT2D eigenvalue weighted by molar-refractivity contribution is 7.10. The second-order valence-corrected chi connectivity index (χ2v) is 11.4. The Balaban J connectivity index is 1.19. The van der Waals surface area contributed by atoms with Crippen LogP contribution in [0.5, 0.6) is 0 Å². The summed E-state index contributed by atoms with van der Waals surface area (Å²) in [6.07, 6.45) is 5.26. The Hall–Kier alpha value is -4.86. The Morgan fingerprint density at radius 1 is 0.976 bits per heavy atom. The van der Waals surface area contributed by atoms with Gasteiger partial charge >= 0.3 is 0 Å². The molecule has 1 saturated heterocycles. The van der Waals surface area contributed by atoms with Crippen molar-refractivity contribution in [2.75, 3.05) is 23.7 Å². The lowest BCUT2D eigenvalue weighted by atomic mass is 9.98. The van der Waals surface area contributed by atoms with Crippen LogP contribution in [0.3, 0.4) is 0 Å². The summed E-state index contributed by atoms with van der Waals surface area (Å²) in [5.41, 5.74) is 7.05. The first-order valence-corrected chi connectivity index (χ1v) is 14.9. The highest BCUT2D eigenvalue weighted by Gasteiger charge is 2.19. The van der Waals surface area contributed by atoms with E-state index in [2.05, 4.69) is 45.2 Å². The molecule has 0 radical (unpaired) electrons. The molecule has 0 saturated carbocycles. The molecule has 208 valence electrons. The molecule has 9 heteroatoms. The van der Waals surface area contributed by atoms with E-state index in [-0.39, 0.29) is 5.91 Å². The van der Waals surface area contributed by atoms with Crippen LogP contribution in [0.4, 0.5) is 17.3 Å². The molecule has 5 heterocycles.